The number of rotatable bonds is 1. The molecule has 5 nitrogen and oxygen atoms in total. The van der Waals surface area contributed by atoms with Crippen molar-refractivity contribution < 1.29 is 4.74 Å². The second kappa shape index (κ2) is 3.84. The molecule has 1 aliphatic heterocycles. The highest BCUT2D eigenvalue weighted by Crippen LogP contribution is 2.15. The maximum absolute atomic E-state index is 5.43. The standard InChI is InChI=1S/C11H14N4O/c1-8-4-11-13-5-9(6-15(11)14-8)10-7-16-3-2-12-10/h4-6,10,12H,2-3,7H2,1H3. The summed E-state index contributed by atoms with van der Waals surface area (Å²) in [5.74, 6) is 0. The lowest BCUT2D eigenvalue weighted by molar-refractivity contribution is 0.0766. The quantitative estimate of drug-likeness (QED) is 0.765. The van der Waals surface area contributed by atoms with Gasteiger partial charge in [0.2, 0.25) is 0 Å². The summed E-state index contributed by atoms with van der Waals surface area (Å²) in [4.78, 5) is 4.38. The largest absolute Gasteiger partial charge is 0.378 e. The first-order valence-corrected chi connectivity index (χ1v) is 5.46. The number of nitrogens with one attached hydrogen (secondary N) is 1. The monoisotopic (exact) mass is 218 g/mol. The van der Waals surface area contributed by atoms with Gasteiger partial charge in [-0.25, -0.2) is 9.50 Å². The molecule has 3 rings (SSSR count). The van der Waals surface area contributed by atoms with E-state index in [1.807, 2.05) is 29.9 Å². The van der Waals surface area contributed by atoms with Crippen molar-refractivity contribution in [3.05, 3.63) is 29.7 Å². The number of aromatic nitrogens is 3. The topological polar surface area (TPSA) is 51.5 Å². The summed E-state index contributed by atoms with van der Waals surface area (Å²) in [6.45, 7) is 4.34. The van der Waals surface area contributed by atoms with Crippen LogP contribution in [0.3, 0.4) is 0 Å². The van der Waals surface area contributed by atoms with Crippen LogP contribution >= 0.6 is 0 Å². The fourth-order valence-electron chi connectivity index (χ4n) is 1.97. The number of nitrogens with zero attached hydrogens (tertiary/aromatic N) is 3. The molecule has 2 aromatic heterocycles. The highest BCUT2D eigenvalue weighted by Gasteiger charge is 2.16. The smallest absolute Gasteiger partial charge is 0.155 e. The van der Waals surface area contributed by atoms with Gasteiger partial charge in [-0.2, -0.15) is 5.10 Å². The van der Waals surface area contributed by atoms with Crippen LogP contribution in [0.2, 0.25) is 0 Å². The maximum Gasteiger partial charge on any atom is 0.155 e. The Morgan fingerprint density at radius 1 is 1.56 bits per heavy atom. The van der Waals surface area contributed by atoms with Gasteiger partial charge < -0.3 is 10.1 Å². The Labute approximate surface area is 93.4 Å². The van der Waals surface area contributed by atoms with E-state index in [4.69, 9.17) is 4.74 Å². The number of morpholine rings is 1. The van der Waals surface area contributed by atoms with Gasteiger partial charge in [-0.05, 0) is 6.92 Å². The van der Waals surface area contributed by atoms with Crippen LogP contribution in [0.5, 0.6) is 0 Å². The summed E-state index contributed by atoms with van der Waals surface area (Å²) in [6.07, 6.45) is 3.91. The van der Waals surface area contributed by atoms with Crippen molar-refractivity contribution in [3.8, 4) is 0 Å². The fourth-order valence-corrected chi connectivity index (χ4v) is 1.97. The molecular formula is C11H14N4O. The van der Waals surface area contributed by atoms with Crippen LogP contribution in [-0.2, 0) is 4.74 Å². The van der Waals surface area contributed by atoms with Gasteiger partial charge in [0.15, 0.2) is 5.65 Å². The first-order chi connectivity index (χ1) is 7.83. The lowest BCUT2D eigenvalue weighted by Crippen LogP contribution is -2.34. The lowest BCUT2D eigenvalue weighted by Gasteiger charge is -2.23. The minimum atomic E-state index is 0.232. The normalized spacial score (nSPS) is 21.4. The predicted molar refractivity (Wildman–Crippen MR) is 59.3 cm³/mol. The highest BCUT2D eigenvalue weighted by molar-refractivity contribution is 5.39. The van der Waals surface area contributed by atoms with Crippen LogP contribution in [0.1, 0.15) is 17.3 Å². The van der Waals surface area contributed by atoms with Crippen molar-refractivity contribution in [2.75, 3.05) is 19.8 Å². The van der Waals surface area contributed by atoms with Crippen LogP contribution in [0, 0.1) is 6.92 Å². The summed E-state index contributed by atoms with van der Waals surface area (Å²) < 4.78 is 7.25. The fraction of sp³-hybridized carbons (Fsp3) is 0.455. The van der Waals surface area contributed by atoms with Gasteiger partial charge >= 0.3 is 0 Å². The third-order valence-corrected chi connectivity index (χ3v) is 2.78. The Hall–Kier alpha value is -1.46. The Morgan fingerprint density at radius 2 is 2.50 bits per heavy atom. The van der Waals surface area contributed by atoms with E-state index in [-0.39, 0.29) is 6.04 Å². The maximum atomic E-state index is 5.43. The molecule has 0 amide bonds. The predicted octanol–water partition coefficient (Wildman–Crippen LogP) is 0.699. The summed E-state index contributed by atoms with van der Waals surface area (Å²) in [5, 5.41) is 7.75. The lowest BCUT2D eigenvalue weighted by atomic mass is 10.1. The molecule has 0 radical (unpaired) electrons. The molecule has 0 bridgehead atoms. The van der Waals surface area contributed by atoms with Gasteiger partial charge in [-0.3, -0.25) is 0 Å². The minimum absolute atomic E-state index is 0.232. The zero-order valence-electron chi connectivity index (χ0n) is 9.18. The number of hydrogen-bond donors (Lipinski definition) is 1. The SMILES string of the molecule is Cc1cc2ncc(C3COCCN3)cn2n1. The van der Waals surface area contributed by atoms with Crippen LogP contribution < -0.4 is 5.32 Å². The summed E-state index contributed by atoms with van der Waals surface area (Å²) in [6, 6.07) is 2.20. The van der Waals surface area contributed by atoms with Gasteiger partial charge in [0.1, 0.15) is 0 Å². The Bertz CT molecular complexity index is 502. The van der Waals surface area contributed by atoms with E-state index in [0.29, 0.717) is 6.61 Å². The van der Waals surface area contributed by atoms with Gasteiger partial charge in [-0.1, -0.05) is 0 Å². The van der Waals surface area contributed by atoms with E-state index in [9.17, 15) is 0 Å². The van der Waals surface area contributed by atoms with E-state index in [2.05, 4.69) is 15.4 Å². The second-order valence-corrected chi connectivity index (χ2v) is 4.06. The first-order valence-electron chi connectivity index (χ1n) is 5.46. The van der Waals surface area contributed by atoms with Crippen molar-refractivity contribution in [1.29, 1.82) is 0 Å². The molecule has 0 aliphatic carbocycles. The van der Waals surface area contributed by atoms with E-state index in [1.54, 1.807) is 0 Å². The average Bonchev–Trinajstić information content (AvgIpc) is 2.69. The molecule has 1 fully saturated rings. The Kier molecular flexibility index (Phi) is 2.34. The molecule has 3 heterocycles. The van der Waals surface area contributed by atoms with Gasteiger partial charge in [0.25, 0.3) is 0 Å². The molecule has 1 saturated heterocycles. The van der Waals surface area contributed by atoms with Crippen molar-refractivity contribution in [2.45, 2.75) is 13.0 Å². The van der Waals surface area contributed by atoms with Gasteiger partial charge in [-0.15, -0.1) is 0 Å². The number of ether oxygens (including phenoxy) is 1. The molecule has 0 saturated carbocycles. The third-order valence-electron chi connectivity index (χ3n) is 2.78. The van der Waals surface area contributed by atoms with E-state index in [0.717, 1.165) is 30.1 Å². The van der Waals surface area contributed by atoms with Crippen molar-refractivity contribution >= 4 is 5.65 Å². The molecule has 1 N–H and O–H groups in total. The zero-order valence-corrected chi connectivity index (χ0v) is 9.18. The van der Waals surface area contributed by atoms with Crippen molar-refractivity contribution in [2.24, 2.45) is 0 Å². The van der Waals surface area contributed by atoms with Gasteiger partial charge in [0.05, 0.1) is 24.9 Å². The molecular weight excluding hydrogens is 204 g/mol. The zero-order chi connectivity index (χ0) is 11.0. The van der Waals surface area contributed by atoms with Crippen LogP contribution in [0.4, 0.5) is 0 Å². The summed E-state index contributed by atoms with van der Waals surface area (Å²) in [5.41, 5.74) is 2.99. The van der Waals surface area contributed by atoms with Crippen molar-refractivity contribution in [1.82, 2.24) is 19.9 Å². The van der Waals surface area contributed by atoms with Gasteiger partial charge in [0, 0.05) is 30.6 Å². The van der Waals surface area contributed by atoms with Crippen LogP contribution in [-0.4, -0.2) is 34.4 Å². The van der Waals surface area contributed by atoms with E-state index >= 15 is 0 Å². The molecule has 1 unspecified atom stereocenters. The Morgan fingerprint density at radius 3 is 3.31 bits per heavy atom. The van der Waals surface area contributed by atoms with Crippen LogP contribution in [0.25, 0.3) is 5.65 Å². The second-order valence-electron chi connectivity index (χ2n) is 4.06. The molecule has 16 heavy (non-hydrogen) atoms. The molecule has 5 heteroatoms. The highest BCUT2D eigenvalue weighted by atomic mass is 16.5. The summed E-state index contributed by atoms with van der Waals surface area (Å²) in [7, 11) is 0. The molecule has 1 atom stereocenters. The third kappa shape index (κ3) is 1.68. The van der Waals surface area contributed by atoms with E-state index in [1.165, 1.54) is 0 Å². The Balaban J connectivity index is 1.97. The number of hydrogen-bond acceptors (Lipinski definition) is 4. The van der Waals surface area contributed by atoms with E-state index < -0.39 is 0 Å². The average molecular weight is 218 g/mol. The molecule has 1 aliphatic rings. The molecule has 2 aromatic rings. The molecule has 84 valence electrons. The number of fused-ring (bicyclic) bond motifs is 1. The summed E-state index contributed by atoms with van der Waals surface area (Å²) >= 11 is 0. The molecule has 0 aromatic carbocycles. The number of aryl methyl sites for hydroxylation is 1. The van der Waals surface area contributed by atoms with Crippen molar-refractivity contribution in [3.63, 3.8) is 0 Å². The first kappa shape index (κ1) is 9.74. The van der Waals surface area contributed by atoms with Crippen LogP contribution in [0.15, 0.2) is 18.5 Å². The minimum Gasteiger partial charge on any atom is -0.378 e. The molecule has 0 spiro atoms.